The Bertz CT molecular complexity index is 149. The van der Waals surface area contributed by atoms with Crippen LogP contribution in [0, 0.1) is 5.92 Å². The van der Waals surface area contributed by atoms with E-state index in [1.54, 1.807) is 0 Å². The summed E-state index contributed by atoms with van der Waals surface area (Å²) in [5, 5.41) is 14.1. The van der Waals surface area contributed by atoms with Gasteiger partial charge in [-0.1, -0.05) is 6.92 Å². The van der Waals surface area contributed by atoms with Gasteiger partial charge in [0.05, 0.1) is 0 Å². The molecule has 0 spiro atoms. The second-order valence-electron chi connectivity index (χ2n) is 3.03. The molecule has 2 unspecified atom stereocenters. The van der Waals surface area contributed by atoms with Gasteiger partial charge in [-0.25, -0.2) is 4.79 Å². The minimum Gasteiger partial charge on any atom is -0.465 e. The Morgan fingerprint density at radius 1 is 1.73 bits per heavy atom. The summed E-state index contributed by atoms with van der Waals surface area (Å²) in [5.74, 6) is 0.451. The Labute approximate surface area is 66.0 Å². The van der Waals surface area contributed by atoms with Crippen molar-refractivity contribution in [3.63, 3.8) is 0 Å². The maximum atomic E-state index is 10.3. The summed E-state index contributed by atoms with van der Waals surface area (Å²) in [6, 6.07) is 0.0845. The van der Waals surface area contributed by atoms with Crippen LogP contribution in [0.15, 0.2) is 0 Å². The third-order valence-electron chi connectivity index (χ3n) is 2.14. The first-order chi connectivity index (χ1) is 5.20. The normalized spacial score (nSPS) is 31.4. The second kappa shape index (κ2) is 3.57. The van der Waals surface area contributed by atoms with Gasteiger partial charge in [0.25, 0.3) is 0 Å². The lowest BCUT2D eigenvalue weighted by molar-refractivity contribution is 0.180. The van der Waals surface area contributed by atoms with Gasteiger partial charge in [0.2, 0.25) is 0 Å². The molecule has 0 aliphatic carbocycles. The molecule has 1 fully saturated rings. The Morgan fingerprint density at radius 3 is 3.00 bits per heavy atom. The number of carbonyl (C=O) groups is 1. The van der Waals surface area contributed by atoms with E-state index in [-0.39, 0.29) is 6.04 Å². The van der Waals surface area contributed by atoms with Crippen LogP contribution >= 0.6 is 0 Å². The Balaban J connectivity index is 2.35. The van der Waals surface area contributed by atoms with Crippen LogP contribution in [0.3, 0.4) is 0 Å². The molecule has 1 heterocycles. The van der Waals surface area contributed by atoms with Crippen LogP contribution in [0.4, 0.5) is 4.79 Å². The van der Waals surface area contributed by atoms with Gasteiger partial charge in [0.15, 0.2) is 0 Å². The molecule has 11 heavy (non-hydrogen) atoms. The van der Waals surface area contributed by atoms with E-state index in [1.807, 2.05) is 0 Å². The minimum absolute atomic E-state index is 0.0845. The maximum absolute atomic E-state index is 10.3. The highest BCUT2D eigenvalue weighted by Crippen LogP contribution is 2.10. The van der Waals surface area contributed by atoms with E-state index < -0.39 is 6.09 Å². The topological polar surface area (TPSA) is 61.4 Å². The molecule has 1 rings (SSSR count). The van der Waals surface area contributed by atoms with Gasteiger partial charge in [0.1, 0.15) is 0 Å². The molecule has 1 aliphatic rings. The van der Waals surface area contributed by atoms with Gasteiger partial charge < -0.3 is 15.7 Å². The molecule has 0 radical (unpaired) electrons. The van der Waals surface area contributed by atoms with E-state index in [4.69, 9.17) is 5.11 Å². The van der Waals surface area contributed by atoms with Gasteiger partial charge >= 0.3 is 6.09 Å². The monoisotopic (exact) mass is 158 g/mol. The quantitative estimate of drug-likeness (QED) is 0.512. The Morgan fingerprint density at radius 2 is 2.45 bits per heavy atom. The standard InChI is InChI=1S/C7H14N2O2/c1-5-2-3-8-4-6(5)9-7(10)11/h5-6,8-9H,2-4H2,1H3,(H,10,11). The predicted molar refractivity (Wildman–Crippen MR) is 41.6 cm³/mol. The lowest BCUT2D eigenvalue weighted by Gasteiger charge is -2.28. The fraction of sp³-hybridized carbons (Fsp3) is 0.857. The molecule has 0 saturated carbocycles. The van der Waals surface area contributed by atoms with Crippen molar-refractivity contribution in [2.45, 2.75) is 19.4 Å². The number of hydrogen-bond donors (Lipinski definition) is 3. The first-order valence-corrected chi connectivity index (χ1v) is 3.90. The average molecular weight is 158 g/mol. The Kier molecular flexibility index (Phi) is 2.70. The van der Waals surface area contributed by atoms with Crippen molar-refractivity contribution in [2.24, 2.45) is 5.92 Å². The number of carboxylic acid groups (broad SMARTS) is 1. The van der Waals surface area contributed by atoms with E-state index in [0.29, 0.717) is 5.92 Å². The third kappa shape index (κ3) is 2.38. The SMILES string of the molecule is CC1CCNCC1NC(=O)O. The predicted octanol–water partition coefficient (Wildman–Crippen LogP) is 0.252. The average Bonchev–Trinajstić information content (AvgIpc) is 1.93. The fourth-order valence-electron chi connectivity index (χ4n) is 1.34. The zero-order chi connectivity index (χ0) is 8.27. The van der Waals surface area contributed by atoms with Crippen LogP contribution in [0.1, 0.15) is 13.3 Å². The molecule has 3 N–H and O–H groups in total. The summed E-state index contributed by atoms with van der Waals surface area (Å²) < 4.78 is 0. The second-order valence-corrected chi connectivity index (χ2v) is 3.03. The Hall–Kier alpha value is -0.770. The van der Waals surface area contributed by atoms with Crippen molar-refractivity contribution >= 4 is 6.09 Å². The summed E-state index contributed by atoms with van der Waals surface area (Å²) in [6.07, 6.45) is 0.121. The molecular weight excluding hydrogens is 144 g/mol. The van der Waals surface area contributed by atoms with Crippen molar-refractivity contribution in [3.8, 4) is 0 Å². The van der Waals surface area contributed by atoms with Crippen molar-refractivity contribution in [2.75, 3.05) is 13.1 Å². The smallest absolute Gasteiger partial charge is 0.404 e. The number of rotatable bonds is 1. The van der Waals surface area contributed by atoms with E-state index in [1.165, 1.54) is 0 Å². The molecule has 1 aliphatic heterocycles. The fourth-order valence-corrected chi connectivity index (χ4v) is 1.34. The van der Waals surface area contributed by atoms with Crippen LogP contribution in [0.5, 0.6) is 0 Å². The summed E-state index contributed by atoms with van der Waals surface area (Å²) >= 11 is 0. The summed E-state index contributed by atoms with van der Waals surface area (Å²) in [6.45, 7) is 3.83. The lowest BCUT2D eigenvalue weighted by Crippen LogP contribution is -2.49. The van der Waals surface area contributed by atoms with E-state index >= 15 is 0 Å². The van der Waals surface area contributed by atoms with Crippen LogP contribution in [-0.2, 0) is 0 Å². The zero-order valence-corrected chi connectivity index (χ0v) is 6.63. The van der Waals surface area contributed by atoms with Gasteiger partial charge in [-0.05, 0) is 18.9 Å². The molecule has 0 aromatic carbocycles. The van der Waals surface area contributed by atoms with E-state index in [9.17, 15) is 4.79 Å². The zero-order valence-electron chi connectivity index (χ0n) is 6.63. The van der Waals surface area contributed by atoms with Crippen LogP contribution < -0.4 is 10.6 Å². The van der Waals surface area contributed by atoms with Crippen molar-refractivity contribution < 1.29 is 9.90 Å². The lowest BCUT2D eigenvalue weighted by atomic mass is 9.95. The third-order valence-corrected chi connectivity index (χ3v) is 2.14. The van der Waals surface area contributed by atoms with Gasteiger partial charge in [-0.3, -0.25) is 0 Å². The molecular formula is C7H14N2O2. The van der Waals surface area contributed by atoms with Crippen molar-refractivity contribution in [1.29, 1.82) is 0 Å². The number of nitrogens with one attached hydrogen (secondary N) is 2. The molecule has 1 amide bonds. The molecule has 1 saturated heterocycles. The molecule has 64 valence electrons. The highest BCUT2D eigenvalue weighted by atomic mass is 16.4. The van der Waals surface area contributed by atoms with Crippen LogP contribution in [-0.4, -0.2) is 30.3 Å². The van der Waals surface area contributed by atoms with Gasteiger partial charge in [-0.15, -0.1) is 0 Å². The van der Waals surface area contributed by atoms with Crippen LogP contribution in [0.25, 0.3) is 0 Å². The van der Waals surface area contributed by atoms with Gasteiger partial charge in [0, 0.05) is 12.6 Å². The highest BCUT2D eigenvalue weighted by molar-refractivity contribution is 5.64. The molecule has 4 nitrogen and oxygen atoms in total. The van der Waals surface area contributed by atoms with Crippen molar-refractivity contribution in [3.05, 3.63) is 0 Å². The van der Waals surface area contributed by atoms with E-state index in [0.717, 1.165) is 19.5 Å². The first-order valence-electron chi connectivity index (χ1n) is 3.90. The molecule has 0 aromatic rings. The largest absolute Gasteiger partial charge is 0.465 e. The van der Waals surface area contributed by atoms with Crippen molar-refractivity contribution in [1.82, 2.24) is 10.6 Å². The number of hydrogen-bond acceptors (Lipinski definition) is 2. The molecule has 0 aromatic heterocycles. The highest BCUT2D eigenvalue weighted by Gasteiger charge is 2.21. The summed E-state index contributed by atoms with van der Waals surface area (Å²) in [7, 11) is 0. The number of amides is 1. The van der Waals surface area contributed by atoms with Gasteiger partial charge in [-0.2, -0.15) is 0 Å². The molecule has 0 bridgehead atoms. The van der Waals surface area contributed by atoms with E-state index in [2.05, 4.69) is 17.6 Å². The van der Waals surface area contributed by atoms with Crippen LogP contribution in [0.2, 0.25) is 0 Å². The summed E-state index contributed by atoms with van der Waals surface area (Å²) in [4.78, 5) is 10.3. The number of piperidine rings is 1. The first kappa shape index (κ1) is 8.33. The minimum atomic E-state index is -0.925. The molecule has 2 atom stereocenters. The summed E-state index contributed by atoms with van der Waals surface area (Å²) in [5.41, 5.74) is 0. The maximum Gasteiger partial charge on any atom is 0.404 e. The molecule has 4 heteroatoms.